The van der Waals surface area contributed by atoms with E-state index in [-0.39, 0.29) is 30.9 Å². The zero-order valence-electron chi connectivity index (χ0n) is 9.56. The summed E-state index contributed by atoms with van der Waals surface area (Å²) >= 11 is 0. The fourth-order valence-electron chi connectivity index (χ4n) is 1.50. The van der Waals surface area contributed by atoms with E-state index in [1.54, 1.807) is 13.0 Å². The van der Waals surface area contributed by atoms with Crippen LogP contribution in [-0.4, -0.2) is 17.7 Å². The molecule has 5 heteroatoms. The van der Waals surface area contributed by atoms with Crippen LogP contribution in [0.3, 0.4) is 0 Å². The summed E-state index contributed by atoms with van der Waals surface area (Å²) in [7, 11) is 0. The number of carbonyl (C=O) groups is 1. The van der Waals surface area contributed by atoms with Crippen molar-refractivity contribution in [1.82, 2.24) is 0 Å². The number of phenols is 1. The lowest BCUT2D eigenvalue weighted by Crippen LogP contribution is -2.09. The second-order valence-corrected chi connectivity index (χ2v) is 3.45. The van der Waals surface area contributed by atoms with E-state index in [0.29, 0.717) is 11.1 Å². The number of phenolic OH excluding ortho intramolecular Hbond substituents is 1. The van der Waals surface area contributed by atoms with Gasteiger partial charge >= 0.3 is 5.97 Å². The number of nitriles is 1. The molecule has 0 aliphatic rings. The summed E-state index contributed by atoms with van der Waals surface area (Å²) in [5.74, 6) is -0.590. The first-order chi connectivity index (χ1) is 8.12. The average Bonchev–Trinajstić information content (AvgIpc) is 2.28. The van der Waals surface area contributed by atoms with E-state index < -0.39 is 5.97 Å². The van der Waals surface area contributed by atoms with Gasteiger partial charge in [0, 0.05) is 6.54 Å². The van der Waals surface area contributed by atoms with E-state index in [2.05, 4.69) is 0 Å². The van der Waals surface area contributed by atoms with Crippen LogP contribution in [0.5, 0.6) is 5.75 Å². The average molecular weight is 234 g/mol. The number of benzene rings is 1. The van der Waals surface area contributed by atoms with Gasteiger partial charge in [-0.05, 0) is 24.1 Å². The normalized spacial score (nSPS) is 9.71. The molecule has 0 spiro atoms. The number of nitrogens with two attached hydrogens (primary N) is 1. The van der Waals surface area contributed by atoms with Crippen LogP contribution in [0.15, 0.2) is 12.1 Å². The molecule has 1 rings (SSSR count). The molecule has 0 aliphatic heterocycles. The zero-order valence-corrected chi connectivity index (χ0v) is 9.56. The number of aromatic hydroxyl groups is 1. The monoisotopic (exact) mass is 234 g/mol. The van der Waals surface area contributed by atoms with Crippen molar-refractivity contribution in [2.45, 2.75) is 19.9 Å². The summed E-state index contributed by atoms with van der Waals surface area (Å²) in [4.78, 5) is 11.3. The molecular formula is C12H14N2O3. The van der Waals surface area contributed by atoms with E-state index in [0.717, 1.165) is 0 Å². The van der Waals surface area contributed by atoms with Crippen molar-refractivity contribution in [3.63, 3.8) is 0 Å². The van der Waals surface area contributed by atoms with Crippen LogP contribution in [0, 0.1) is 11.3 Å². The molecule has 0 unspecified atom stereocenters. The van der Waals surface area contributed by atoms with Gasteiger partial charge in [-0.1, -0.05) is 6.07 Å². The third-order valence-corrected chi connectivity index (χ3v) is 2.25. The van der Waals surface area contributed by atoms with E-state index in [9.17, 15) is 9.90 Å². The standard InChI is InChI=1S/C12H14N2O3/c1-2-17-12(16)5-9-3-8(6-13)4-11(15)10(9)7-14/h3-4,15H,2,5-6,13H2,1H3. The Morgan fingerprint density at radius 1 is 1.59 bits per heavy atom. The molecule has 0 radical (unpaired) electrons. The zero-order chi connectivity index (χ0) is 12.8. The van der Waals surface area contributed by atoms with Gasteiger partial charge in [0.25, 0.3) is 0 Å². The van der Waals surface area contributed by atoms with Crippen LogP contribution in [0.25, 0.3) is 0 Å². The van der Waals surface area contributed by atoms with Gasteiger partial charge in [-0.3, -0.25) is 4.79 Å². The van der Waals surface area contributed by atoms with E-state index in [4.69, 9.17) is 15.7 Å². The third kappa shape index (κ3) is 3.20. The number of hydrogen-bond acceptors (Lipinski definition) is 5. The van der Waals surface area contributed by atoms with Gasteiger partial charge in [-0.25, -0.2) is 0 Å². The molecule has 17 heavy (non-hydrogen) atoms. The van der Waals surface area contributed by atoms with E-state index in [1.807, 2.05) is 6.07 Å². The Bertz CT molecular complexity index is 464. The van der Waals surface area contributed by atoms with Crippen LogP contribution in [0.4, 0.5) is 0 Å². The maximum absolute atomic E-state index is 11.3. The lowest BCUT2D eigenvalue weighted by molar-refractivity contribution is -0.142. The highest BCUT2D eigenvalue weighted by molar-refractivity contribution is 5.74. The van der Waals surface area contributed by atoms with E-state index in [1.165, 1.54) is 6.07 Å². The van der Waals surface area contributed by atoms with Crippen LogP contribution < -0.4 is 5.73 Å². The molecule has 5 nitrogen and oxygen atoms in total. The van der Waals surface area contributed by atoms with Gasteiger partial charge in [0.15, 0.2) is 0 Å². The fourth-order valence-corrected chi connectivity index (χ4v) is 1.50. The van der Waals surface area contributed by atoms with Crippen molar-refractivity contribution in [3.8, 4) is 11.8 Å². The minimum atomic E-state index is -0.433. The summed E-state index contributed by atoms with van der Waals surface area (Å²) in [6.07, 6.45) is -0.0435. The Morgan fingerprint density at radius 2 is 2.29 bits per heavy atom. The lowest BCUT2D eigenvalue weighted by atomic mass is 10.0. The Balaban J connectivity index is 3.08. The molecule has 0 aromatic heterocycles. The van der Waals surface area contributed by atoms with Crippen LogP contribution in [0.1, 0.15) is 23.6 Å². The molecule has 0 atom stereocenters. The lowest BCUT2D eigenvalue weighted by Gasteiger charge is -2.08. The van der Waals surface area contributed by atoms with Crippen molar-refractivity contribution in [2.75, 3.05) is 6.61 Å². The first-order valence-electron chi connectivity index (χ1n) is 5.22. The van der Waals surface area contributed by atoms with Gasteiger partial charge in [0.2, 0.25) is 0 Å². The predicted octanol–water partition coefficient (Wildman–Crippen LogP) is 0.828. The van der Waals surface area contributed by atoms with Gasteiger partial charge < -0.3 is 15.6 Å². The number of ether oxygens (including phenoxy) is 1. The van der Waals surface area contributed by atoms with Crippen LogP contribution >= 0.6 is 0 Å². The molecule has 0 bridgehead atoms. The molecule has 0 saturated heterocycles. The molecular weight excluding hydrogens is 220 g/mol. The summed E-state index contributed by atoms with van der Waals surface area (Å²) in [5.41, 5.74) is 6.66. The summed E-state index contributed by atoms with van der Waals surface area (Å²) in [6, 6.07) is 4.92. The molecule has 90 valence electrons. The summed E-state index contributed by atoms with van der Waals surface area (Å²) in [6.45, 7) is 2.22. The Morgan fingerprint density at radius 3 is 2.82 bits per heavy atom. The third-order valence-electron chi connectivity index (χ3n) is 2.25. The SMILES string of the molecule is CCOC(=O)Cc1cc(CN)cc(O)c1C#N. The summed E-state index contributed by atoms with van der Waals surface area (Å²) < 4.78 is 4.80. The number of hydrogen-bond donors (Lipinski definition) is 2. The van der Waals surface area contributed by atoms with Crippen LogP contribution in [-0.2, 0) is 22.5 Å². The molecule has 0 heterocycles. The van der Waals surface area contributed by atoms with Crippen molar-refractivity contribution in [1.29, 1.82) is 5.26 Å². The first-order valence-corrected chi connectivity index (χ1v) is 5.22. The number of nitrogens with zero attached hydrogens (tertiary/aromatic N) is 1. The first kappa shape index (κ1) is 13.0. The quantitative estimate of drug-likeness (QED) is 0.752. The Kier molecular flexibility index (Phi) is 4.49. The van der Waals surface area contributed by atoms with Gasteiger partial charge in [0.05, 0.1) is 18.6 Å². The van der Waals surface area contributed by atoms with Crippen molar-refractivity contribution in [3.05, 3.63) is 28.8 Å². The second-order valence-electron chi connectivity index (χ2n) is 3.45. The topological polar surface area (TPSA) is 96.3 Å². The highest BCUT2D eigenvalue weighted by atomic mass is 16.5. The smallest absolute Gasteiger partial charge is 0.310 e. The van der Waals surface area contributed by atoms with Crippen molar-refractivity contribution < 1.29 is 14.6 Å². The fraction of sp³-hybridized carbons (Fsp3) is 0.333. The number of esters is 1. The predicted molar refractivity (Wildman–Crippen MR) is 61.1 cm³/mol. The minimum Gasteiger partial charge on any atom is -0.507 e. The number of rotatable bonds is 4. The highest BCUT2D eigenvalue weighted by Crippen LogP contribution is 2.23. The minimum absolute atomic E-state index is 0.0435. The highest BCUT2D eigenvalue weighted by Gasteiger charge is 2.13. The Hall–Kier alpha value is -2.06. The maximum atomic E-state index is 11.3. The summed E-state index contributed by atoms with van der Waals surface area (Å²) in [5, 5.41) is 18.5. The molecule has 0 amide bonds. The van der Waals surface area contributed by atoms with Gasteiger partial charge in [-0.2, -0.15) is 5.26 Å². The van der Waals surface area contributed by atoms with Gasteiger partial charge in [0.1, 0.15) is 11.8 Å². The molecule has 1 aromatic carbocycles. The molecule has 3 N–H and O–H groups in total. The maximum Gasteiger partial charge on any atom is 0.310 e. The molecule has 0 fully saturated rings. The van der Waals surface area contributed by atoms with E-state index >= 15 is 0 Å². The molecule has 0 aliphatic carbocycles. The number of carbonyl (C=O) groups excluding carboxylic acids is 1. The second kappa shape index (κ2) is 5.87. The van der Waals surface area contributed by atoms with Crippen LogP contribution in [0.2, 0.25) is 0 Å². The largest absolute Gasteiger partial charge is 0.507 e. The van der Waals surface area contributed by atoms with Crippen molar-refractivity contribution in [2.24, 2.45) is 5.73 Å². The Labute approximate surface area is 99.4 Å². The molecule has 1 aromatic rings. The van der Waals surface area contributed by atoms with Crippen molar-refractivity contribution >= 4 is 5.97 Å². The van der Waals surface area contributed by atoms with Gasteiger partial charge in [-0.15, -0.1) is 0 Å². The molecule has 0 saturated carbocycles.